The van der Waals surface area contributed by atoms with Gasteiger partial charge in [-0.2, -0.15) is 14.6 Å². The fraction of sp³-hybridized carbons (Fsp3) is 0.400. The number of rotatable bonds is 7. The summed E-state index contributed by atoms with van der Waals surface area (Å²) in [6.07, 6.45) is 6.54. The summed E-state index contributed by atoms with van der Waals surface area (Å²) in [5.74, 6) is -1.37. The topological polar surface area (TPSA) is 109 Å². The van der Waals surface area contributed by atoms with Crippen LogP contribution in [0.2, 0.25) is 0 Å². The van der Waals surface area contributed by atoms with Gasteiger partial charge in [-0.1, -0.05) is 13.3 Å². The van der Waals surface area contributed by atoms with Crippen molar-refractivity contribution in [2.45, 2.75) is 25.9 Å². The van der Waals surface area contributed by atoms with Gasteiger partial charge < -0.3 is 19.7 Å². The van der Waals surface area contributed by atoms with Crippen LogP contribution in [0.15, 0.2) is 36.9 Å². The van der Waals surface area contributed by atoms with Crippen molar-refractivity contribution in [1.29, 1.82) is 5.26 Å². The summed E-state index contributed by atoms with van der Waals surface area (Å²) in [4.78, 5) is 19.1. The van der Waals surface area contributed by atoms with E-state index < -0.39 is 11.6 Å². The minimum absolute atomic E-state index is 0.0129. The number of fused-ring (bicyclic) bond motifs is 2. The van der Waals surface area contributed by atoms with E-state index in [4.69, 9.17) is 14.7 Å². The van der Waals surface area contributed by atoms with Crippen molar-refractivity contribution < 1.29 is 18.3 Å². The third-order valence-electron chi connectivity index (χ3n) is 6.37. The first-order valence-corrected chi connectivity index (χ1v) is 11.8. The molecule has 0 radical (unpaired) electrons. The zero-order valence-electron chi connectivity index (χ0n) is 19.7. The molecule has 2 aliphatic rings. The molecule has 2 aromatic heterocycles. The van der Waals surface area contributed by atoms with Crippen LogP contribution in [-0.4, -0.2) is 52.3 Å². The molecule has 9 nitrogen and oxygen atoms in total. The van der Waals surface area contributed by atoms with Crippen LogP contribution < -0.4 is 15.0 Å². The molecule has 3 aromatic rings. The number of nitrogens with one attached hydrogen (secondary N) is 1. The van der Waals surface area contributed by atoms with E-state index in [0.29, 0.717) is 32.3 Å². The second-order valence-electron chi connectivity index (χ2n) is 8.96. The van der Waals surface area contributed by atoms with Crippen LogP contribution in [0.5, 0.6) is 5.88 Å². The number of aryl methyl sites for hydroxylation is 1. The predicted molar refractivity (Wildman–Crippen MR) is 127 cm³/mol. The first kappa shape index (κ1) is 23.8. The van der Waals surface area contributed by atoms with Crippen LogP contribution >= 0.6 is 0 Å². The third-order valence-corrected chi connectivity index (χ3v) is 6.37. The quantitative estimate of drug-likeness (QED) is 0.528. The Morgan fingerprint density at radius 3 is 2.56 bits per heavy atom. The fourth-order valence-corrected chi connectivity index (χ4v) is 4.65. The van der Waals surface area contributed by atoms with Gasteiger partial charge in [-0.15, -0.1) is 0 Å². The van der Waals surface area contributed by atoms with Gasteiger partial charge in [0.15, 0.2) is 5.82 Å². The van der Waals surface area contributed by atoms with Gasteiger partial charge in [-0.25, -0.2) is 19.3 Å². The number of aromatic nitrogens is 4. The Morgan fingerprint density at radius 2 is 1.89 bits per heavy atom. The first-order chi connectivity index (χ1) is 17.6. The highest BCUT2D eigenvalue weighted by atomic mass is 19.1. The molecule has 2 aliphatic heterocycles. The summed E-state index contributed by atoms with van der Waals surface area (Å²) >= 11 is 0. The summed E-state index contributed by atoms with van der Waals surface area (Å²) < 4.78 is 41.4. The molecule has 1 aromatic carbocycles. The molecule has 1 N–H and O–H groups in total. The molecule has 0 amide bonds. The molecule has 5 rings (SSSR count). The van der Waals surface area contributed by atoms with Crippen LogP contribution in [0.3, 0.4) is 0 Å². The lowest BCUT2D eigenvalue weighted by Gasteiger charge is -2.46. The molecule has 4 heterocycles. The van der Waals surface area contributed by atoms with E-state index in [0.717, 1.165) is 30.8 Å². The van der Waals surface area contributed by atoms with Crippen molar-refractivity contribution in [2.24, 2.45) is 11.8 Å². The second kappa shape index (κ2) is 10.4. The summed E-state index contributed by atoms with van der Waals surface area (Å²) in [6.45, 7) is 4.23. The second-order valence-corrected chi connectivity index (χ2v) is 8.96. The van der Waals surface area contributed by atoms with Gasteiger partial charge in [0, 0.05) is 37.3 Å². The highest BCUT2D eigenvalue weighted by Crippen LogP contribution is 2.34. The molecule has 0 spiro atoms. The lowest BCUT2D eigenvalue weighted by Crippen LogP contribution is -2.58. The van der Waals surface area contributed by atoms with Gasteiger partial charge in [-0.05, 0) is 30.2 Å². The highest BCUT2D eigenvalue weighted by Gasteiger charge is 2.43. The van der Waals surface area contributed by atoms with Gasteiger partial charge in [0.2, 0.25) is 11.8 Å². The van der Waals surface area contributed by atoms with Gasteiger partial charge >= 0.3 is 0 Å². The molecule has 36 heavy (non-hydrogen) atoms. The number of ether oxygens (including phenoxy) is 2. The SMILES string of the molecule is CCCc1cnc(N2CC3COCC(C2)C3Oc2ncnc(Nc3ccc(C#N)cc3F)c2F)nc1. The number of piperidine rings is 1. The number of halogens is 2. The number of benzene rings is 1. The molecule has 186 valence electrons. The van der Waals surface area contributed by atoms with Crippen molar-refractivity contribution in [3.63, 3.8) is 0 Å². The van der Waals surface area contributed by atoms with E-state index in [1.54, 1.807) is 0 Å². The lowest BCUT2D eigenvalue weighted by molar-refractivity contribution is -0.0780. The Morgan fingerprint density at radius 1 is 1.14 bits per heavy atom. The predicted octanol–water partition coefficient (Wildman–Crippen LogP) is 3.64. The van der Waals surface area contributed by atoms with E-state index in [2.05, 4.69) is 37.1 Å². The Hall–Kier alpha value is -3.91. The van der Waals surface area contributed by atoms with Crippen LogP contribution in [0.1, 0.15) is 24.5 Å². The van der Waals surface area contributed by atoms with E-state index in [9.17, 15) is 4.39 Å². The van der Waals surface area contributed by atoms with Crippen molar-refractivity contribution in [3.05, 3.63) is 59.7 Å². The maximum absolute atomic E-state index is 15.3. The van der Waals surface area contributed by atoms with E-state index >= 15 is 4.39 Å². The fourth-order valence-electron chi connectivity index (χ4n) is 4.65. The lowest BCUT2D eigenvalue weighted by atomic mass is 9.84. The molecular weight excluding hydrogens is 468 g/mol. The average molecular weight is 494 g/mol. The Kier molecular flexibility index (Phi) is 6.86. The molecule has 11 heteroatoms. The number of hydrogen-bond acceptors (Lipinski definition) is 9. The molecule has 2 unspecified atom stereocenters. The summed E-state index contributed by atoms with van der Waals surface area (Å²) in [7, 11) is 0. The largest absolute Gasteiger partial charge is 0.471 e. The Balaban J connectivity index is 1.31. The normalized spacial score (nSPS) is 21.1. The van der Waals surface area contributed by atoms with Gasteiger partial charge in [-0.3, -0.25) is 0 Å². The molecule has 0 aliphatic carbocycles. The van der Waals surface area contributed by atoms with Crippen molar-refractivity contribution >= 4 is 17.5 Å². The van der Waals surface area contributed by atoms with E-state index in [-0.39, 0.29) is 40.9 Å². The average Bonchev–Trinajstić information content (AvgIpc) is 2.88. The maximum atomic E-state index is 15.3. The zero-order valence-corrected chi connectivity index (χ0v) is 19.7. The molecular formula is C25H25F2N7O2. The minimum atomic E-state index is -0.822. The summed E-state index contributed by atoms with van der Waals surface area (Å²) in [5.41, 5.74) is 1.25. The zero-order chi connectivity index (χ0) is 25.1. The van der Waals surface area contributed by atoms with E-state index in [1.807, 2.05) is 18.5 Å². The summed E-state index contributed by atoms with van der Waals surface area (Å²) in [5, 5.41) is 11.5. The Labute approximate surface area is 207 Å². The van der Waals surface area contributed by atoms with Crippen molar-refractivity contribution in [1.82, 2.24) is 19.9 Å². The van der Waals surface area contributed by atoms with Crippen molar-refractivity contribution in [2.75, 3.05) is 36.5 Å². The molecule has 0 saturated carbocycles. The van der Waals surface area contributed by atoms with Gasteiger partial charge in [0.05, 0.1) is 30.5 Å². The summed E-state index contributed by atoms with van der Waals surface area (Å²) in [6, 6.07) is 5.70. The monoisotopic (exact) mass is 493 g/mol. The number of hydrogen-bond donors (Lipinski definition) is 1. The standard InChI is InChI=1S/C25H25F2N7O2/c1-2-3-16-8-29-25(30-9-16)34-10-17-12-35-13-18(11-34)22(17)36-24-21(27)23(31-14-32-24)33-20-5-4-15(7-28)6-19(20)26/h4-6,8-9,14,17-18,22H,2-3,10-13H2,1H3,(H,31,32,33). The first-order valence-electron chi connectivity index (χ1n) is 11.8. The minimum Gasteiger partial charge on any atom is -0.471 e. The molecule has 2 saturated heterocycles. The molecule has 2 atom stereocenters. The number of anilines is 3. The van der Waals surface area contributed by atoms with Crippen molar-refractivity contribution in [3.8, 4) is 11.9 Å². The number of nitriles is 1. The maximum Gasteiger partial charge on any atom is 0.256 e. The van der Waals surface area contributed by atoms with E-state index in [1.165, 1.54) is 12.1 Å². The van der Waals surface area contributed by atoms with Crippen LogP contribution in [0.4, 0.5) is 26.2 Å². The molecule has 2 bridgehead atoms. The number of nitrogens with zero attached hydrogens (tertiary/aromatic N) is 6. The Bertz CT molecular complexity index is 1250. The highest BCUT2D eigenvalue weighted by molar-refractivity contribution is 5.59. The van der Waals surface area contributed by atoms with Gasteiger partial charge in [0.1, 0.15) is 18.2 Å². The smallest absolute Gasteiger partial charge is 0.256 e. The van der Waals surface area contributed by atoms with Crippen LogP contribution in [0.25, 0.3) is 0 Å². The van der Waals surface area contributed by atoms with Gasteiger partial charge in [0.25, 0.3) is 5.88 Å². The van der Waals surface area contributed by atoms with Crippen LogP contribution in [-0.2, 0) is 11.2 Å². The third kappa shape index (κ3) is 4.90. The van der Waals surface area contributed by atoms with Crippen LogP contribution in [0, 0.1) is 34.8 Å². The molecule has 2 fully saturated rings.